The minimum atomic E-state index is -0.347. The van der Waals surface area contributed by atoms with Gasteiger partial charge in [0.1, 0.15) is 10.4 Å². The summed E-state index contributed by atoms with van der Waals surface area (Å²) in [5, 5.41) is 4.55. The van der Waals surface area contributed by atoms with Crippen molar-refractivity contribution in [1.82, 2.24) is 9.78 Å². The maximum absolute atomic E-state index is 12.0. The summed E-state index contributed by atoms with van der Waals surface area (Å²) >= 11 is 2.02. The number of anilines is 1. The van der Waals surface area contributed by atoms with Crippen molar-refractivity contribution in [2.24, 2.45) is 5.92 Å². The van der Waals surface area contributed by atoms with Gasteiger partial charge in [-0.15, -0.1) is 0 Å². The van der Waals surface area contributed by atoms with E-state index in [1.165, 1.54) is 30.5 Å². The van der Waals surface area contributed by atoms with E-state index in [9.17, 15) is 4.79 Å². The van der Waals surface area contributed by atoms with Crippen molar-refractivity contribution in [3.63, 3.8) is 0 Å². The van der Waals surface area contributed by atoms with Gasteiger partial charge in [-0.25, -0.2) is 9.48 Å². The maximum Gasteiger partial charge on any atom is 0.359 e. The average molecular weight is 415 g/mol. The Hall–Kier alpha value is -1.05. The molecule has 6 heteroatoms. The van der Waals surface area contributed by atoms with Gasteiger partial charge in [-0.2, -0.15) is 5.10 Å². The molecule has 0 amide bonds. The van der Waals surface area contributed by atoms with Crippen molar-refractivity contribution in [1.29, 1.82) is 0 Å². The van der Waals surface area contributed by atoms with Gasteiger partial charge >= 0.3 is 5.97 Å². The van der Waals surface area contributed by atoms with E-state index in [1.807, 2.05) is 33.3 Å². The summed E-state index contributed by atoms with van der Waals surface area (Å²) in [6.45, 7) is 4.40. The number of carbonyl (C=O) groups excluding carboxylic acids is 1. The Morgan fingerprint density at radius 1 is 1.50 bits per heavy atom. The molecule has 1 atom stereocenters. The lowest BCUT2D eigenvalue weighted by Gasteiger charge is -2.41. The number of fused-ring (bicyclic) bond motifs is 2. The number of likely N-dealkylation sites (N-methyl/N-ethyl adjacent to an activating group) is 1. The largest absolute Gasteiger partial charge is 0.450 e. The molecule has 1 unspecified atom stereocenters. The predicted molar refractivity (Wildman–Crippen MR) is 95.2 cm³/mol. The SMILES string of the molecule is CC(C)C1=C2CCCCC2N(C)c2cc(C(=O)OCI)nn21. The second kappa shape index (κ2) is 6.22. The molecule has 1 saturated carbocycles. The van der Waals surface area contributed by atoms with Gasteiger partial charge in [0.15, 0.2) is 5.69 Å². The highest BCUT2D eigenvalue weighted by atomic mass is 127. The molecule has 5 nitrogen and oxygen atoms in total. The van der Waals surface area contributed by atoms with Crippen LogP contribution >= 0.6 is 22.6 Å². The molecule has 22 heavy (non-hydrogen) atoms. The van der Waals surface area contributed by atoms with Crippen LogP contribution in [0.1, 0.15) is 50.0 Å². The van der Waals surface area contributed by atoms with Crippen LogP contribution in [0, 0.1) is 5.92 Å². The number of allylic oxidation sites excluding steroid dienone is 1. The average Bonchev–Trinajstić information content (AvgIpc) is 2.92. The minimum Gasteiger partial charge on any atom is -0.450 e. The normalized spacial score (nSPS) is 21.0. The Labute approximate surface area is 144 Å². The number of hydrogen-bond acceptors (Lipinski definition) is 4. The number of ether oxygens (including phenoxy) is 1. The van der Waals surface area contributed by atoms with Crippen LogP contribution in [0.5, 0.6) is 0 Å². The summed E-state index contributed by atoms with van der Waals surface area (Å²) in [5.41, 5.74) is 3.16. The van der Waals surface area contributed by atoms with E-state index >= 15 is 0 Å². The number of alkyl halides is 1. The molecule has 1 aliphatic carbocycles. The Balaban J connectivity index is 2.10. The Morgan fingerprint density at radius 2 is 2.27 bits per heavy atom. The molecule has 1 fully saturated rings. The zero-order chi connectivity index (χ0) is 15.9. The highest BCUT2D eigenvalue weighted by Crippen LogP contribution is 2.41. The van der Waals surface area contributed by atoms with E-state index in [-0.39, 0.29) is 5.97 Å². The number of hydrogen-bond donors (Lipinski definition) is 0. The smallest absolute Gasteiger partial charge is 0.359 e. The summed E-state index contributed by atoms with van der Waals surface area (Å²) < 4.78 is 7.40. The summed E-state index contributed by atoms with van der Waals surface area (Å²) in [4.78, 5) is 14.3. The fraction of sp³-hybridized carbons (Fsp3) is 0.625. The van der Waals surface area contributed by atoms with Gasteiger partial charge in [-0.05, 0) is 53.3 Å². The Bertz CT molecular complexity index is 621. The van der Waals surface area contributed by atoms with Crippen LogP contribution in [0.2, 0.25) is 0 Å². The van der Waals surface area contributed by atoms with E-state index < -0.39 is 0 Å². The van der Waals surface area contributed by atoms with E-state index in [0.29, 0.717) is 22.3 Å². The lowest BCUT2D eigenvalue weighted by atomic mass is 9.84. The van der Waals surface area contributed by atoms with Crippen molar-refractivity contribution >= 4 is 40.1 Å². The molecule has 2 heterocycles. The molecule has 3 rings (SSSR count). The van der Waals surface area contributed by atoms with E-state index in [1.54, 1.807) is 0 Å². The summed E-state index contributed by atoms with van der Waals surface area (Å²) in [6.07, 6.45) is 4.83. The molecule has 0 saturated heterocycles. The number of esters is 1. The quantitative estimate of drug-likeness (QED) is 0.429. The zero-order valence-electron chi connectivity index (χ0n) is 13.3. The standard InChI is InChI=1S/C16H22IN3O2/c1-10(2)15-11-6-4-5-7-13(11)19(3)14-8-12(18-20(14)15)16(21)22-9-17/h8,10,13H,4-7,9H2,1-3H3. The van der Waals surface area contributed by atoms with Crippen LogP contribution in [-0.4, -0.2) is 33.5 Å². The van der Waals surface area contributed by atoms with Crippen LogP contribution in [0.3, 0.4) is 0 Å². The van der Waals surface area contributed by atoms with Gasteiger partial charge in [0, 0.05) is 18.8 Å². The van der Waals surface area contributed by atoms with Gasteiger partial charge in [0.2, 0.25) is 0 Å². The Kier molecular flexibility index (Phi) is 4.47. The third-order valence-electron chi connectivity index (χ3n) is 4.59. The molecule has 0 N–H and O–H groups in total. The van der Waals surface area contributed by atoms with Crippen molar-refractivity contribution in [3.8, 4) is 0 Å². The first-order valence-electron chi connectivity index (χ1n) is 7.84. The molecule has 1 aliphatic heterocycles. The van der Waals surface area contributed by atoms with Crippen LogP contribution in [0.15, 0.2) is 11.6 Å². The molecular formula is C16H22IN3O2. The number of rotatable bonds is 3. The maximum atomic E-state index is 12.0. The molecule has 1 aromatic rings. The predicted octanol–water partition coefficient (Wildman–Crippen LogP) is 3.69. The van der Waals surface area contributed by atoms with Gasteiger partial charge in [-0.1, -0.05) is 20.3 Å². The topological polar surface area (TPSA) is 47.4 Å². The number of nitrogens with zero attached hydrogens (tertiary/aromatic N) is 3. The van der Waals surface area contributed by atoms with Crippen molar-refractivity contribution in [2.45, 2.75) is 45.6 Å². The summed E-state index contributed by atoms with van der Waals surface area (Å²) in [5.74, 6) is 1.04. The highest BCUT2D eigenvalue weighted by Gasteiger charge is 2.35. The van der Waals surface area contributed by atoms with E-state index in [0.717, 1.165) is 12.2 Å². The van der Waals surface area contributed by atoms with Crippen LogP contribution < -0.4 is 4.90 Å². The second-order valence-electron chi connectivity index (χ2n) is 6.28. The first-order chi connectivity index (χ1) is 10.5. The van der Waals surface area contributed by atoms with Gasteiger partial charge in [-0.3, -0.25) is 0 Å². The summed E-state index contributed by atoms with van der Waals surface area (Å²) in [6, 6.07) is 2.31. The monoisotopic (exact) mass is 415 g/mol. The number of aromatic nitrogens is 2. The third kappa shape index (κ3) is 2.55. The molecule has 0 aromatic carbocycles. The van der Waals surface area contributed by atoms with Gasteiger partial charge < -0.3 is 9.64 Å². The molecular weight excluding hydrogens is 393 g/mol. The first kappa shape index (κ1) is 15.8. The molecule has 0 spiro atoms. The lowest BCUT2D eigenvalue weighted by Crippen LogP contribution is -2.41. The van der Waals surface area contributed by atoms with Gasteiger partial charge in [0.25, 0.3) is 0 Å². The van der Waals surface area contributed by atoms with Gasteiger partial charge in [0.05, 0.1) is 6.04 Å². The molecule has 1 aromatic heterocycles. The number of carbonyl (C=O) groups is 1. The zero-order valence-corrected chi connectivity index (χ0v) is 15.5. The fourth-order valence-electron chi connectivity index (χ4n) is 3.65. The summed E-state index contributed by atoms with van der Waals surface area (Å²) in [7, 11) is 2.11. The fourth-order valence-corrected chi connectivity index (χ4v) is 3.94. The molecule has 2 aliphatic rings. The van der Waals surface area contributed by atoms with Crippen molar-refractivity contribution in [3.05, 3.63) is 17.3 Å². The van der Waals surface area contributed by atoms with Crippen LogP contribution in [-0.2, 0) is 4.74 Å². The highest BCUT2D eigenvalue weighted by molar-refractivity contribution is 14.1. The van der Waals surface area contributed by atoms with Crippen LogP contribution in [0.25, 0.3) is 5.70 Å². The van der Waals surface area contributed by atoms with Crippen LogP contribution in [0.4, 0.5) is 5.82 Å². The Morgan fingerprint density at radius 3 is 2.95 bits per heavy atom. The van der Waals surface area contributed by atoms with E-state index in [4.69, 9.17) is 4.74 Å². The molecule has 120 valence electrons. The molecule has 0 radical (unpaired) electrons. The first-order valence-corrected chi connectivity index (χ1v) is 9.36. The second-order valence-corrected chi connectivity index (χ2v) is 6.90. The lowest BCUT2D eigenvalue weighted by molar-refractivity contribution is 0.0583. The van der Waals surface area contributed by atoms with Crippen molar-refractivity contribution in [2.75, 3.05) is 16.6 Å². The number of halogens is 1. The third-order valence-corrected chi connectivity index (χ3v) is 4.91. The van der Waals surface area contributed by atoms with E-state index in [2.05, 4.69) is 30.9 Å². The molecule has 0 bridgehead atoms. The van der Waals surface area contributed by atoms with Crippen molar-refractivity contribution < 1.29 is 9.53 Å². The minimum absolute atomic E-state index is 0.343.